The lowest BCUT2D eigenvalue weighted by atomic mass is 10.1. The van der Waals surface area contributed by atoms with E-state index in [1.807, 2.05) is 6.07 Å². The Morgan fingerprint density at radius 2 is 1.97 bits per heavy atom. The van der Waals surface area contributed by atoms with Crippen LogP contribution < -0.4 is 14.9 Å². The average molecular weight is 555 g/mol. The molecule has 4 rings (SSSR count). The molecule has 1 amide bonds. The van der Waals surface area contributed by atoms with Crippen molar-refractivity contribution in [3.63, 3.8) is 0 Å². The van der Waals surface area contributed by atoms with Crippen LogP contribution in [0.25, 0.3) is 0 Å². The van der Waals surface area contributed by atoms with Crippen molar-refractivity contribution >= 4 is 41.3 Å². The fourth-order valence-electron chi connectivity index (χ4n) is 3.41. The van der Waals surface area contributed by atoms with Gasteiger partial charge in [0, 0.05) is 21.2 Å². The second kappa shape index (κ2) is 12.2. The molecule has 0 aliphatic rings. The Balaban J connectivity index is 1.39. The molecule has 0 aliphatic carbocycles. The summed E-state index contributed by atoms with van der Waals surface area (Å²) in [6, 6.07) is 17.1. The molecule has 0 saturated carbocycles. The van der Waals surface area contributed by atoms with Crippen molar-refractivity contribution in [2.75, 3.05) is 7.11 Å². The number of nitrogens with zero attached hydrogens (tertiary/aromatic N) is 5. The molecule has 3 aromatic carbocycles. The molecule has 1 aromatic heterocycles. The Morgan fingerprint density at radius 1 is 1.16 bits per heavy atom. The molecule has 4 aromatic rings. The highest BCUT2D eigenvalue weighted by Crippen LogP contribution is 2.28. The molecule has 0 fully saturated rings. The molecule has 194 valence electrons. The van der Waals surface area contributed by atoms with Crippen LogP contribution in [0.2, 0.25) is 10.0 Å². The van der Waals surface area contributed by atoms with E-state index in [-0.39, 0.29) is 13.2 Å². The smallest absolute Gasteiger partial charge is 0.490 e. The summed E-state index contributed by atoms with van der Waals surface area (Å²) < 4.78 is 12.4. The number of methoxy groups -OCH3 is 1. The molecule has 1 N–H and O–H groups in total. The number of aromatic nitrogens is 3. The molecular weight excluding hydrogens is 535 g/mol. The van der Waals surface area contributed by atoms with Gasteiger partial charge in [0.05, 0.1) is 24.9 Å². The van der Waals surface area contributed by atoms with Crippen LogP contribution >= 0.6 is 23.2 Å². The van der Waals surface area contributed by atoms with Crippen molar-refractivity contribution < 1.29 is 19.2 Å². The monoisotopic (exact) mass is 554 g/mol. The third-order valence-electron chi connectivity index (χ3n) is 5.18. The highest BCUT2D eigenvalue weighted by atomic mass is 35.5. The van der Waals surface area contributed by atoms with Gasteiger partial charge in [-0.2, -0.15) is 9.78 Å². The first-order valence-corrected chi connectivity index (χ1v) is 11.8. The van der Waals surface area contributed by atoms with E-state index in [2.05, 4.69) is 20.6 Å². The normalized spacial score (nSPS) is 10.9. The predicted molar refractivity (Wildman–Crippen MR) is 141 cm³/mol. The maximum Gasteiger partial charge on any atom is 0.490 e. The van der Waals surface area contributed by atoms with Crippen LogP contribution in [0.15, 0.2) is 72.1 Å². The van der Waals surface area contributed by atoms with Gasteiger partial charge in [0.25, 0.3) is 5.91 Å². The quantitative estimate of drug-likeness (QED) is 0.167. The zero-order valence-corrected chi connectivity index (χ0v) is 21.4. The van der Waals surface area contributed by atoms with Crippen molar-refractivity contribution in [1.82, 2.24) is 20.2 Å². The number of amides is 1. The first-order chi connectivity index (χ1) is 18.3. The van der Waals surface area contributed by atoms with E-state index >= 15 is 0 Å². The first kappa shape index (κ1) is 26.6. The standard InChI is InChI=1S/C25H20Cl2N6O5/c1-37-22-7-5-16(9-19(22)13-32-15-28-25(31-32)33(35)36)12-29-30-24(34)18-4-2-3-17(10-18)14-38-23-8-6-20(26)11-21(23)27/h2-12,15H,13-14H2,1H3,(H,30,34)/b29-12-. The third kappa shape index (κ3) is 6.84. The Kier molecular flexibility index (Phi) is 8.51. The highest BCUT2D eigenvalue weighted by molar-refractivity contribution is 6.35. The Bertz CT molecular complexity index is 1510. The van der Waals surface area contributed by atoms with Crippen LogP contribution in [0, 0.1) is 10.1 Å². The van der Waals surface area contributed by atoms with Gasteiger partial charge in [-0.3, -0.25) is 4.79 Å². The van der Waals surface area contributed by atoms with E-state index in [0.717, 1.165) is 5.56 Å². The fraction of sp³-hybridized carbons (Fsp3) is 0.120. The van der Waals surface area contributed by atoms with Crippen LogP contribution in [0.4, 0.5) is 5.95 Å². The van der Waals surface area contributed by atoms with Gasteiger partial charge in [0.2, 0.25) is 6.33 Å². The Labute approximate surface area is 226 Å². The third-order valence-corrected chi connectivity index (χ3v) is 5.71. The number of nitrogens with one attached hydrogen (secondary N) is 1. The lowest BCUT2D eigenvalue weighted by Crippen LogP contribution is -2.18. The van der Waals surface area contributed by atoms with Crippen molar-refractivity contribution in [3.05, 3.63) is 109 Å². The second-order valence-corrected chi connectivity index (χ2v) is 8.68. The van der Waals surface area contributed by atoms with Gasteiger partial charge < -0.3 is 19.6 Å². The predicted octanol–water partition coefficient (Wildman–Crippen LogP) is 4.89. The topological polar surface area (TPSA) is 134 Å². The number of benzene rings is 3. The van der Waals surface area contributed by atoms with Crippen LogP contribution in [-0.4, -0.2) is 38.9 Å². The Morgan fingerprint density at radius 3 is 2.71 bits per heavy atom. The molecule has 0 atom stereocenters. The Hall–Kier alpha value is -4.48. The van der Waals surface area contributed by atoms with E-state index in [0.29, 0.717) is 38.2 Å². The summed E-state index contributed by atoms with van der Waals surface area (Å²) in [5.41, 5.74) is 5.01. The molecule has 38 heavy (non-hydrogen) atoms. The van der Waals surface area contributed by atoms with Gasteiger partial charge in [-0.25, -0.2) is 5.43 Å². The number of hydrogen-bond acceptors (Lipinski definition) is 8. The SMILES string of the molecule is COc1ccc(/C=N\NC(=O)c2cccc(COc3ccc(Cl)cc3Cl)c2)cc1Cn1cnc([N+](=O)[O-])n1. The zero-order chi connectivity index (χ0) is 27.1. The van der Waals surface area contributed by atoms with E-state index in [4.69, 9.17) is 32.7 Å². The second-order valence-electron chi connectivity index (χ2n) is 7.83. The summed E-state index contributed by atoms with van der Waals surface area (Å²) in [6.45, 7) is 0.392. The van der Waals surface area contributed by atoms with Crippen molar-refractivity contribution in [2.45, 2.75) is 13.2 Å². The largest absolute Gasteiger partial charge is 0.496 e. The van der Waals surface area contributed by atoms with E-state index in [1.54, 1.807) is 54.6 Å². The molecule has 0 radical (unpaired) electrons. The number of carbonyl (C=O) groups excluding carboxylic acids is 1. The minimum atomic E-state index is -0.669. The number of nitro groups is 1. The lowest BCUT2D eigenvalue weighted by Gasteiger charge is -2.09. The molecule has 0 bridgehead atoms. The number of hydrogen-bond donors (Lipinski definition) is 1. The molecular formula is C25H20Cl2N6O5. The van der Waals surface area contributed by atoms with Gasteiger partial charge >= 0.3 is 5.95 Å². The highest BCUT2D eigenvalue weighted by Gasteiger charge is 2.15. The van der Waals surface area contributed by atoms with Crippen LogP contribution in [0.3, 0.4) is 0 Å². The molecule has 13 heteroatoms. The van der Waals surface area contributed by atoms with Crippen molar-refractivity contribution in [2.24, 2.45) is 5.10 Å². The van der Waals surface area contributed by atoms with E-state index in [9.17, 15) is 14.9 Å². The summed E-state index contributed by atoms with van der Waals surface area (Å²) in [5.74, 6) is 0.143. The van der Waals surface area contributed by atoms with Gasteiger partial charge in [0.15, 0.2) is 0 Å². The number of carbonyl (C=O) groups is 1. The van der Waals surface area contributed by atoms with Gasteiger partial charge in [-0.05, 0) is 64.6 Å². The maximum atomic E-state index is 12.6. The van der Waals surface area contributed by atoms with Gasteiger partial charge in [0.1, 0.15) is 18.1 Å². The summed E-state index contributed by atoms with van der Waals surface area (Å²) in [4.78, 5) is 26.4. The molecule has 11 nitrogen and oxygen atoms in total. The maximum absolute atomic E-state index is 12.6. The molecule has 0 saturated heterocycles. The van der Waals surface area contributed by atoms with Gasteiger partial charge in [-0.15, -0.1) is 0 Å². The minimum absolute atomic E-state index is 0.189. The lowest BCUT2D eigenvalue weighted by molar-refractivity contribution is -0.394. The number of hydrazone groups is 1. The van der Waals surface area contributed by atoms with Crippen molar-refractivity contribution in [3.8, 4) is 11.5 Å². The molecule has 0 aliphatic heterocycles. The van der Waals surface area contributed by atoms with Gasteiger partial charge in [-0.1, -0.05) is 40.3 Å². The average Bonchev–Trinajstić information content (AvgIpc) is 3.37. The van der Waals surface area contributed by atoms with Crippen LogP contribution in [0.5, 0.6) is 11.5 Å². The van der Waals surface area contributed by atoms with E-state index < -0.39 is 16.8 Å². The number of rotatable bonds is 10. The zero-order valence-electron chi connectivity index (χ0n) is 19.9. The molecule has 0 unspecified atom stereocenters. The summed E-state index contributed by atoms with van der Waals surface area (Å²) in [7, 11) is 1.51. The van der Waals surface area contributed by atoms with Crippen LogP contribution in [0.1, 0.15) is 27.0 Å². The van der Waals surface area contributed by atoms with Crippen molar-refractivity contribution in [1.29, 1.82) is 0 Å². The fourth-order valence-corrected chi connectivity index (χ4v) is 3.87. The molecule has 0 spiro atoms. The summed E-state index contributed by atoms with van der Waals surface area (Å²) in [6.07, 6.45) is 2.74. The van der Waals surface area contributed by atoms with E-state index in [1.165, 1.54) is 24.3 Å². The minimum Gasteiger partial charge on any atom is -0.496 e. The van der Waals surface area contributed by atoms with Crippen LogP contribution in [-0.2, 0) is 13.2 Å². The summed E-state index contributed by atoms with van der Waals surface area (Å²) >= 11 is 12.0. The molecule has 1 heterocycles. The summed E-state index contributed by atoms with van der Waals surface area (Å²) in [5, 5.41) is 19.6. The first-order valence-electron chi connectivity index (χ1n) is 11.0. The number of ether oxygens (including phenoxy) is 2. The number of halogens is 2.